The van der Waals surface area contributed by atoms with E-state index in [1.807, 2.05) is 26.0 Å². The van der Waals surface area contributed by atoms with Gasteiger partial charge < -0.3 is 29.6 Å². The number of amides is 2. The van der Waals surface area contributed by atoms with Gasteiger partial charge >= 0.3 is 11.9 Å². The lowest BCUT2D eigenvalue weighted by Gasteiger charge is -2.11. The van der Waals surface area contributed by atoms with Gasteiger partial charge in [0.2, 0.25) is 5.91 Å². The Bertz CT molecular complexity index is 1320. The lowest BCUT2D eigenvalue weighted by atomic mass is 10.2. The van der Waals surface area contributed by atoms with Gasteiger partial charge in [0.15, 0.2) is 18.1 Å². The summed E-state index contributed by atoms with van der Waals surface area (Å²) in [6, 6.07) is 20.3. The molecule has 3 aromatic rings. The van der Waals surface area contributed by atoms with Gasteiger partial charge in [0.25, 0.3) is 5.91 Å². The summed E-state index contributed by atoms with van der Waals surface area (Å²) in [5, 5.41) is 5.36. The van der Waals surface area contributed by atoms with Crippen molar-refractivity contribution in [3.63, 3.8) is 0 Å². The third-order valence-electron chi connectivity index (χ3n) is 5.54. The number of nitrogens with one attached hydrogen (secondary N) is 2. The Balaban J connectivity index is 1.32. The van der Waals surface area contributed by atoms with Crippen LogP contribution in [-0.2, 0) is 23.9 Å². The molecule has 0 bridgehead atoms. The number of para-hydroxylation sites is 2. The fourth-order valence-electron chi connectivity index (χ4n) is 3.48. The predicted octanol–water partition coefficient (Wildman–Crippen LogP) is 5.59. The van der Waals surface area contributed by atoms with Crippen LogP contribution in [0.15, 0.2) is 72.8 Å². The molecule has 10 nitrogen and oxygen atoms in total. The highest BCUT2D eigenvalue weighted by Gasteiger charge is 2.12. The molecule has 0 unspecified atom stereocenters. The number of anilines is 2. The molecule has 216 valence electrons. The first-order chi connectivity index (χ1) is 19.7. The SMILES string of the molecule is COc1ccccc1Oc1ccc(NC(=O)CCCC(=O)OCC(=O)Nc2ccc(C(=O)OCC(C)C)cc2)cc1. The Kier molecular flexibility index (Phi) is 11.7. The van der Waals surface area contributed by atoms with Crippen molar-refractivity contribution >= 4 is 35.1 Å². The molecule has 2 amide bonds. The minimum atomic E-state index is -0.589. The maximum Gasteiger partial charge on any atom is 0.338 e. The molecule has 0 saturated carbocycles. The largest absolute Gasteiger partial charge is 0.493 e. The molecule has 0 aliphatic heterocycles. The second-order valence-corrected chi connectivity index (χ2v) is 9.46. The first kappa shape index (κ1) is 30.7. The molecule has 0 radical (unpaired) electrons. The maximum absolute atomic E-state index is 12.3. The Labute approximate surface area is 238 Å². The Morgan fingerprint density at radius 3 is 1.98 bits per heavy atom. The molecule has 0 spiro atoms. The van der Waals surface area contributed by atoms with Crippen molar-refractivity contribution in [2.45, 2.75) is 33.1 Å². The van der Waals surface area contributed by atoms with Crippen LogP contribution in [0.5, 0.6) is 17.2 Å². The molecule has 10 heteroatoms. The van der Waals surface area contributed by atoms with Crippen molar-refractivity contribution in [3.05, 3.63) is 78.4 Å². The van der Waals surface area contributed by atoms with Crippen molar-refractivity contribution in [2.75, 3.05) is 31.0 Å². The molecule has 0 heterocycles. The van der Waals surface area contributed by atoms with E-state index in [9.17, 15) is 19.2 Å². The topological polar surface area (TPSA) is 129 Å². The van der Waals surface area contributed by atoms with Gasteiger partial charge in [-0.05, 0) is 73.0 Å². The molecule has 2 N–H and O–H groups in total. The molecule has 0 aliphatic carbocycles. The van der Waals surface area contributed by atoms with Gasteiger partial charge in [0.1, 0.15) is 5.75 Å². The summed E-state index contributed by atoms with van der Waals surface area (Å²) in [6.45, 7) is 3.74. The number of ether oxygens (including phenoxy) is 4. The fourth-order valence-corrected chi connectivity index (χ4v) is 3.48. The third kappa shape index (κ3) is 10.7. The van der Waals surface area contributed by atoms with Gasteiger partial charge in [-0.3, -0.25) is 14.4 Å². The standard InChI is InChI=1S/C31H34N2O8/c1-21(2)19-40-31(37)22-11-13-23(14-12-22)33-29(35)20-39-30(36)10-6-9-28(34)32-24-15-17-25(18-16-24)41-27-8-5-4-7-26(27)38-3/h4-5,7-8,11-18,21H,6,9-10,19-20H2,1-3H3,(H,32,34)(H,33,35). The first-order valence-electron chi connectivity index (χ1n) is 13.2. The van der Waals surface area contributed by atoms with E-state index in [1.165, 1.54) is 0 Å². The van der Waals surface area contributed by atoms with Gasteiger partial charge in [-0.25, -0.2) is 4.79 Å². The Morgan fingerprint density at radius 2 is 1.34 bits per heavy atom. The number of methoxy groups -OCH3 is 1. The number of hydrogen-bond acceptors (Lipinski definition) is 8. The number of rotatable bonds is 14. The number of benzene rings is 3. The summed E-state index contributed by atoms with van der Waals surface area (Å²) in [6.07, 6.45) is 0.349. The van der Waals surface area contributed by atoms with E-state index in [-0.39, 0.29) is 31.1 Å². The molecule has 3 rings (SSSR count). The highest BCUT2D eigenvalue weighted by molar-refractivity contribution is 5.94. The zero-order valence-corrected chi connectivity index (χ0v) is 23.3. The summed E-state index contributed by atoms with van der Waals surface area (Å²) in [5.41, 5.74) is 1.40. The van der Waals surface area contributed by atoms with Crippen LogP contribution in [0, 0.1) is 5.92 Å². The molecule has 0 atom stereocenters. The van der Waals surface area contributed by atoms with Gasteiger partial charge in [-0.2, -0.15) is 0 Å². The zero-order chi connectivity index (χ0) is 29.6. The van der Waals surface area contributed by atoms with Crippen LogP contribution in [-0.4, -0.2) is 44.1 Å². The van der Waals surface area contributed by atoms with Gasteiger partial charge in [0.05, 0.1) is 19.3 Å². The normalized spacial score (nSPS) is 10.4. The quantitative estimate of drug-likeness (QED) is 0.243. The Hall–Kier alpha value is -4.86. The molecule has 3 aromatic carbocycles. The van der Waals surface area contributed by atoms with Crippen LogP contribution < -0.4 is 20.1 Å². The number of hydrogen-bond donors (Lipinski definition) is 2. The monoisotopic (exact) mass is 562 g/mol. The van der Waals surface area contributed by atoms with Crippen LogP contribution in [0.3, 0.4) is 0 Å². The lowest BCUT2D eigenvalue weighted by molar-refractivity contribution is -0.147. The molecule has 41 heavy (non-hydrogen) atoms. The summed E-state index contributed by atoms with van der Waals surface area (Å²) < 4.78 is 21.2. The minimum absolute atomic E-state index is 0.0143. The first-order valence-corrected chi connectivity index (χ1v) is 13.2. The van der Waals surface area contributed by atoms with Gasteiger partial charge in [-0.15, -0.1) is 0 Å². The van der Waals surface area contributed by atoms with E-state index in [2.05, 4.69) is 10.6 Å². The average molecular weight is 563 g/mol. The lowest BCUT2D eigenvalue weighted by Crippen LogP contribution is -2.21. The summed E-state index contributed by atoms with van der Waals surface area (Å²) in [5.74, 6) is 0.184. The van der Waals surface area contributed by atoms with E-state index < -0.39 is 24.5 Å². The van der Waals surface area contributed by atoms with E-state index in [4.69, 9.17) is 18.9 Å². The molecular formula is C31H34N2O8. The number of carbonyl (C=O) groups excluding carboxylic acids is 4. The summed E-state index contributed by atoms with van der Waals surface area (Å²) in [4.78, 5) is 48.3. The highest BCUT2D eigenvalue weighted by atomic mass is 16.5. The summed E-state index contributed by atoms with van der Waals surface area (Å²) in [7, 11) is 1.57. The number of carbonyl (C=O) groups is 4. The number of esters is 2. The van der Waals surface area contributed by atoms with Crippen LogP contribution in [0.4, 0.5) is 11.4 Å². The van der Waals surface area contributed by atoms with Gasteiger partial charge in [0, 0.05) is 24.2 Å². The summed E-state index contributed by atoms with van der Waals surface area (Å²) >= 11 is 0. The van der Waals surface area contributed by atoms with Crippen molar-refractivity contribution in [1.29, 1.82) is 0 Å². The smallest absolute Gasteiger partial charge is 0.338 e. The van der Waals surface area contributed by atoms with Crippen molar-refractivity contribution < 1.29 is 38.1 Å². The molecule has 0 aliphatic rings. The predicted molar refractivity (Wildman–Crippen MR) is 153 cm³/mol. The second kappa shape index (κ2) is 15.7. The van der Waals surface area contributed by atoms with E-state index in [0.29, 0.717) is 40.8 Å². The van der Waals surface area contributed by atoms with Crippen LogP contribution >= 0.6 is 0 Å². The van der Waals surface area contributed by atoms with E-state index in [1.54, 1.807) is 67.8 Å². The maximum atomic E-state index is 12.3. The van der Waals surface area contributed by atoms with Crippen LogP contribution in [0.2, 0.25) is 0 Å². The zero-order valence-electron chi connectivity index (χ0n) is 23.3. The van der Waals surface area contributed by atoms with Crippen LogP contribution in [0.1, 0.15) is 43.5 Å². The Morgan fingerprint density at radius 1 is 0.732 bits per heavy atom. The van der Waals surface area contributed by atoms with Crippen molar-refractivity contribution in [3.8, 4) is 17.2 Å². The minimum Gasteiger partial charge on any atom is -0.493 e. The molecular weight excluding hydrogens is 528 g/mol. The highest BCUT2D eigenvalue weighted by Crippen LogP contribution is 2.31. The third-order valence-corrected chi connectivity index (χ3v) is 5.54. The van der Waals surface area contributed by atoms with Crippen LogP contribution in [0.25, 0.3) is 0 Å². The molecule has 0 fully saturated rings. The van der Waals surface area contributed by atoms with Crippen molar-refractivity contribution in [2.24, 2.45) is 5.92 Å². The van der Waals surface area contributed by atoms with Gasteiger partial charge in [-0.1, -0.05) is 26.0 Å². The van der Waals surface area contributed by atoms with E-state index in [0.717, 1.165) is 0 Å². The average Bonchev–Trinajstić information content (AvgIpc) is 2.96. The molecule has 0 aromatic heterocycles. The van der Waals surface area contributed by atoms with Crippen molar-refractivity contribution in [1.82, 2.24) is 0 Å². The second-order valence-electron chi connectivity index (χ2n) is 9.46. The molecule has 0 saturated heterocycles. The fraction of sp³-hybridized carbons (Fsp3) is 0.290. The van der Waals surface area contributed by atoms with E-state index >= 15 is 0 Å².